The number of rotatable bonds is 3. The Balaban J connectivity index is 1.28. The van der Waals surface area contributed by atoms with Crippen molar-refractivity contribution in [2.45, 2.75) is 31.2 Å². The van der Waals surface area contributed by atoms with Crippen LogP contribution in [0.25, 0.3) is 10.2 Å². The third-order valence-electron chi connectivity index (χ3n) is 5.91. The average Bonchev–Trinajstić information content (AvgIpc) is 3.31. The van der Waals surface area contributed by atoms with Crippen molar-refractivity contribution in [2.24, 2.45) is 0 Å². The number of imide groups is 1. The number of para-hydroxylation sites is 1. The molecule has 0 radical (unpaired) electrons. The van der Waals surface area contributed by atoms with Crippen LogP contribution in [0.15, 0.2) is 42.5 Å². The normalized spacial score (nSPS) is 21.1. The smallest absolute Gasteiger partial charge is 0.251 e. The van der Waals surface area contributed by atoms with Gasteiger partial charge in [0.1, 0.15) is 0 Å². The summed E-state index contributed by atoms with van der Waals surface area (Å²) in [5.74, 6) is 0.0190. The quantitative estimate of drug-likeness (QED) is 0.510. The Bertz CT molecular complexity index is 1110. The third kappa shape index (κ3) is 3.52. The van der Waals surface area contributed by atoms with Crippen LogP contribution in [0.4, 0.5) is 5.69 Å². The van der Waals surface area contributed by atoms with Gasteiger partial charge in [0.05, 0.1) is 43.4 Å². The zero-order chi connectivity index (χ0) is 20.8. The molecule has 30 heavy (non-hydrogen) atoms. The van der Waals surface area contributed by atoms with Gasteiger partial charge >= 0.3 is 0 Å². The van der Waals surface area contributed by atoms with Gasteiger partial charge in [-0.3, -0.25) is 14.5 Å². The van der Waals surface area contributed by atoms with Gasteiger partial charge in [-0.1, -0.05) is 35.3 Å². The van der Waals surface area contributed by atoms with Crippen molar-refractivity contribution < 1.29 is 9.59 Å². The monoisotopic (exact) mass is 459 g/mol. The van der Waals surface area contributed by atoms with E-state index in [0.29, 0.717) is 21.7 Å². The molecule has 2 aliphatic heterocycles. The molecule has 1 atom stereocenters. The largest absolute Gasteiger partial charge is 0.291 e. The lowest BCUT2D eigenvalue weighted by Gasteiger charge is -2.34. The summed E-state index contributed by atoms with van der Waals surface area (Å²) in [6.07, 6.45) is 2.07. The maximum absolute atomic E-state index is 13.1. The second kappa shape index (κ2) is 7.93. The van der Waals surface area contributed by atoms with Crippen molar-refractivity contribution >= 4 is 62.3 Å². The molecule has 2 aliphatic rings. The molecule has 0 saturated carbocycles. The highest BCUT2D eigenvalue weighted by atomic mass is 35.5. The first kappa shape index (κ1) is 19.9. The second-order valence-electron chi connectivity index (χ2n) is 7.72. The Hall–Kier alpha value is -1.99. The maximum Gasteiger partial charge on any atom is 0.251 e. The predicted molar refractivity (Wildman–Crippen MR) is 121 cm³/mol. The standard InChI is InChI=1S/C22H19Cl2N3O2S/c23-15-6-5-14(11-16(15)24)27-20(28)12-18(22(27)29)26-9-7-13(8-10-26)21-25-17-3-1-2-4-19(17)30-21/h1-6,11,13,18H,7-10,12H2. The molecule has 3 heterocycles. The number of carbonyl (C=O) groups excluding carboxylic acids is 2. The third-order valence-corrected chi connectivity index (χ3v) is 7.85. The number of aromatic nitrogens is 1. The highest BCUT2D eigenvalue weighted by Gasteiger charge is 2.43. The first-order valence-corrected chi connectivity index (χ1v) is 11.5. The zero-order valence-corrected chi connectivity index (χ0v) is 18.4. The van der Waals surface area contributed by atoms with Gasteiger partial charge in [-0.05, 0) is 56.3 Å². The lowest BCUT2D eigenvalue weighted by Crippen LogP contribution is -2.45. The van der Waals surface area contributed by atoms with E-state index in [9.17, 15) is 9.59 Å². The van der Waals surface area contributed by atoms with Gasteiger partial charge in [0, 0.05) is 5.92 Å². The summed E-state index contributed by atoms with van der Waals surface area (Å²) in [7, 11) is 0. The van der Waals surface area contributed by atoms with E-state index in [4.69, 9.17) is 28.2 Å². The molecule has 2 fully saturated rings. The van der Waals surface area contributed by atoms with Crippen LogP contribution >= 0.6 is 34.5 Å². The molecule has 5 nitrogen and oxygen atoms in total. The minimum absolute atomic E-state index is 0.183. The average molecular weight is 460 g/mol. The number of benzene rings is 2. The molecule has 5 rings (SSSR count). The highest BCUT2D eigenvalue weighted by Crippen LogP contribution is 2.36. The van der Waals surface area contributed by atoms with E-state index in [-0.39, 0.29) is 18.2 Å². The minimum Gasteiger partial charge on any atom is -0.291 e. The number of thiazole rings is 1. The van der Waals surface area contributed by atoms with Crippen molar-refractivity contribution in [2.75, 3.05) is 18.0 Å². The van der Waals surface area contributed by atoms with E-state index < -0.39 is 6.04 Å². The highest BCUT2D eigenvalue weighted by molar-refractivity contribution is 7.18. The van der Waals surface area contributed by atoms with Crippen molar-refractivity contribution in [3.63, 3.8) is 0 Å². The molecule has 0 aliphatic carbocycles. The number of anilines is 1. The zero-order valence-electron chi connectivity index (χ0n) is 16.1. The molecule has 2 amide bonds. The summed E-state index contributed by atoms with van der Waals surface area (Å²) in [6.45, 7) is 1.55. The van der Waals surface area contributed by atoms with Crippen LogP contribution in [0.3, 0.4) is 0 Å². The molecule has 154 valence electrons. The number of fused-ring (bicyclic) bond motifs is 1. The van der Waals surface area contributed by atoms with Crippen molar-refractivity contribution in [3.8, 4) is 0 Å². The predicted octanol–water partition coefficient (Wildman–Crippen LogP) is 5.11. The lowest BCUT2D eigenvalue weighted by atomic mass is 9.96. The Morgan fingerprint density at radius 3 is 2.50 bits per heavy atom. The molecule has 0 spiro atoms. The van der Waals surface area contributed by atoms with Gasteiger partial charge in [-0.15, -0.1) is 11.3 Å². The van der Waals surface area contributed by atoms with Gasteiger partial charge in [-0.2, -0.15) is 0 Å². The van der Waals surface area contributed by atoms with Crippen LogP contribution in [-0.2, 0) is 9.59 Å². The fourth-order valence-corrected chi connectivity index (χ4v) is 5.75. The molecule has 2 saturated heterocycles. The van der Waals surface area contributed by atoms with Gasteiger partial charge < -0.3 is 0 Å². The molecule has 1 aromatic heterocycles. The number of halogens is 2. The molecule has 2 aromatic carbocycles. The summed E-state index contributed by atoms with van der Waals surface area (Å²) in [4.78, 5) is 33.9. The Labute approximate surface area is 188 Å². The van der Waals surface area contributed by atoms with Crippen LogP contribution < -0.4 is 4.90 Å². The number of hydrogen-bond donors (Lipinski definition) is 0. The number of piperidine rings is 1. The first-order chi connectivity index (χ1) is 14.5. The van der Waals surface area contributed by atoms with Gasteiger partial charge in [-0.25, -0.2) is 9.88 Å². The van der Waals surface area contributed by atoms with Gasteiger partial charge in [0.2, 0.25) is 5.91 Å². The van der Waals surface area contributed by atoms with E-state index in [0.717, 1.165) is 31.4 Å². The molecular formula is C22H19Cl2N3O2S. The number of nitrogens with zero attached hydrogens (tertiary/aromatic N) is 3. The van der Waals surface area contributed by atoms with Gasteiger partial charge in [0.15, 0.2) is 0 Å². The van der Waals surface area contributed by atoms with Crippen molar-refractivity contribution in [1.29, 1.82) is 0 Å². The number of carbonyl (C=O) groups is 2. The van der Waals surface area contributed by atoms with Crippen LogP contribution in [0, 0.1) is 0 Å². The van der Waals surface area contributed by atoms with Crippen LogP contribution in [-0.4, -0.2) is 40.8 Å². The van der Waals surface area contributed by atoms with E-state index in [1.54, 1.807) is 29.5 Å². The summed E-state index contributed by atoms with van der Waals surface area (Å²) >= 11 is 13.8. The lowest BCUT2D eigenvalue weighted by molar-refractivity contribution is -0.123. The van der Waals surface area contributed by atoms with E-state index >= 15 is 0 Å². The molecule has 3 aromatic rings. The topological polar surface area (TPSA) is 53.5 Å². The summed E-state index contributed by atoms with van der Waals surface area (Å²) in [5.41, 5.74) is 1.53. The number of hydrogen-bond acceptors (Lipinski definition) is 5. The molecule has 0 N–H and O–H groups in total. The van der Waals surface area contributed by atoms with E-state index in [1.165, 1.54) is 14.6 Å². The van der Waals surface area contributed by atoms with E-state index in [2.05, 4.69) is 11.0 Å². The molecule has 1 unspecified atom stereocenters. The summed E-state index contributed by atoms with van der Waals surface area (Å²) < 4.78 is 1.21. The van der Waals surface area contributed by atoms with Crippen LogP contribution in [0.1, 0.15) is 30.2 Å². The Kier molecular flexibility index (Phi) is 5.27. The van der Waals surface area contributed by atoms with Crippen LogP contribution in [0.5, 0.6) is 0 Å². The maximum atomic E-state index is 13.1. The SMILES string of the molecule is O=C1CC(N2CCC(c3nc4ccccc4s3)CC2)C(=O)N1c1ccc(Cl)c(Cl)c1. The van der Waals surface area contributed by atoms with E-state index in [1.807, 2.05) is 18.2 Å². The Morgan fingerprint density at radius 1 is 1.00 bits per heavy atom. The number of amides is 2. The van der Waals surface area contributed by atoms with Crippen molar-refractivity contribution in [3.05, 3.63) is 57.5 Å². The molecular weight excluding hydrogens is 441 g/mol. The summed E-state index contributed by atoms with van der Waals surface area (Å²) in [5, 5.41) is 1.89. The molecule has 8 heteroatoms. The Morgan fingerprint density at radius 2 is 1.77 bits per heavy atom. The molecule has 0 bridgehead atoms. The fourth-order valence-electron chi connectivity index (χ4n) is 4.32. The van der Waals surface area contributed by atoms with Crippen LogP contribution in [0.2, 0.25) is 10.0 Å². The van der Waals surface area contributed by atoms with Crippen molar-refractivity contribution in [1.82, 2.24) is 9.88 Å². The number of likely N-dealkylation sites (tertiary alicyclic amines) is 1. The first-order valence-electron chi connectivity index (χ1n) is 9.92. The minimum atomic E-state index is -0.414. The fraction of sp³-hybridized carbons (Fsp3) is 0.318. The van der Waals surface area contributed by atoms with Gasteiger partial charge in [0.25, 0.3) is 5.91 Å². The second-order valence-corrected chi connectivity index (χ2v) is 9.59. The summed E-state index contributed by atoms with van der Waals surface area (Å²) in [6, 6.07) is 12.6.